The largest absolute Gasteiger partial charge is 0.444 e. The van der Waals surface area contributed by atoms with Gasteiger partial charge < -0.3 is 9.64 Å². The van der Waals surface area contributed by atoms with Crippen molar-refractivity contribution in [3.05, 3.63) is 70.9 Å². The number of aromatic nitrogens is 2. The van der Waals surface area contributed by atoms with Crippen LogP contribution in [0.1, 0.15) is 51.0 Å². The SMILES string of the molecule is Cc1nc(C2CCN(C(=O)OC(C)(C)C)CC2)c2cc(Cl)c(-c3cccc4ccccc34)c(F)c2n1. The first-order chi connectivity index (χ1) is 17.1. The Kier molecular flexibility index (Phi) is 6.33. The van der Waals surface area contributed by atoms with Crippen LogP contribution in [-0.4, -0.2) is 39.7 Å². The fraction of sp³-hybridized carbons (Fsp3) is 0.345. The zero-order chi connectivity index (χ0) is 25.6. The number of amides is 1. The predicted molar refractivity (Wildman–Crippen MR) is 142 cm³/mol. The van der Waals surface area contributed by atoms with Gasteiger partial charge in [-0.25, -0.2) is 19.2 Å². The van der Waals surface area contributed by atoms with Gasteiger partial charge in [0.1, 0.15) is 16.9 Å². The van der Waals surface area contributed by atoms with E-state index < -0.39 is 11.4 Å². The van der Waals surface area contributed by atoms with Crippen LogP contribution in [0.2, 0.25) is 5.02 Å². The van der Waals surface area contributed by atoms with Crippen LogP contribution in [0.5, 0.6) is 0 Å². The average Bonchev–Trinajstić information content (AvgIpc) is 2.83. The molecular formula is C29H29ClFN3O2. The lowest BCUT2D eigenvalue weighted by Gasteiger charge is -2.33. The minimum atomic E-state index is -0.538. The summed E-state index contributed by atoms with van der Waals surface area (Å²) in [4.78, 5) is 23.4. The van der Waals surface area contributed by atoms with E-state index in [0.29, 0.717) is 47.7 Å². The molecule has 0 atom stereocenters. The van der Waals surface area contributed by atoms with Crippen LogP contribution in [-0.2, 0) is 4.74 Å². The third-order valence-corrected chi connectivity index (χ3v) is 6.91. The molecule has 186 valence electrons. The number of ether oxygens (including phenoxy) is 1. The van der Waals surface area contributed by atoms with Crippen molar-refractivity contribution >= 4 is 39.4 Å². The number of rotatable bonds is 2. The Labute approximate surface area is 215 Å². The Bertz CT molecular complexity index is 1470. The van der Waals surface area contributed by atoms with Gasteiger partial charge in [0.05, 0.1) is 10.7 Å². The molecular weight excluding hydrogens is 477 g/mol. The average molecular weight is 506 g/mol. The van der Waals surface area contributed by atoms with Crippen LogP contribution < -0.4 is 0 Å². The number of aryl methyl sites for hydroxylation is 1. The van der Waals surface area contributed by atoms with Gasteiger partial charge >= 0.3 is 6.09 Å². The Morgan fingerprint density at radius 1 is 1.06 bits per heavy atom. The molecule has 0 saturated carbocycles. The molecule has 1 amide bonds. The van der Waals surface area contributed by atoms with Gasteiger partial charge in [-0.15, -0.1) is 0 Å². The van der Waals surface area contributed by atoms with E-state index in [4.69, 9.17) is 21.3 Å². The van der Waals surface area contributed by atoms with E-state index in [9.17, 15) is 4.79 Å². The van der Waals surface area contributed by atoms with Gasteiger partial charge in [-0.1, -0.05) is 54.1 Å². The van der Waals surface area contributed by atoms with Crippen LogP contribution in [0.4, 0.5) is 9.18 Å². The van der Waals surface area contributed by atoms with Crippen LogP contribution in [0.3, 0.4) is 0 Å². The summed E-state index contributed by atoms with van der Waals surface area (Å²) in [6.45, 7) is 8.46. The van der Waals surface area contributed by atoms with Crippen LogP contribution in [0.15, 0.2) is 48.5 Å². The summed E-state index contributed by atoms with van der Waals surface area (Å²) >= 11 is 6.76. The molecule has 0 spiro atoms. The summed E-state index contributed by atoms with van der Waals surface area (Å²) in [6.07, 6.45) is 1.10. The fourth-order valence-electron chi connectivity index (χ4n) is 5.00. The second-order valence-corrected chi connectivity index (χ2v) is 10.8. The maximum Gasteiger partial charge on any atom is 0.410 e. The van der Waals surface area contributed by atoms with E-state index in [0.717, 1.165) is 22.0 Å². The molecule has 2 heterocycles. The highest BCUT2D eigenvalue weighted by molar-refractivity contribution is 6.34. The molecule has 4 aromatic rings. The molecule has 1 aliphatic heterocycles. The molecule has 5 nitrogen and oxygen atoms in total. The molecule has 0 radical (unpaired) electrons. The van der Waals surface area contributed by atoms with Gasteiger partial charge in [-0.2, -0.15) is 0 Å². The van der Waals surface area contributed by atoms with Gasteiger partial charge in [-0.05, 0) is 62.9 Å². The summed E-state index contributed by atoms with van der Waals surface area (Å²) < 4.78 is 21.7. The van der Waals surface area contributed by atoms with E-state index >= 15 is 4.39 Å². The number of halogens is 2. The Balaban J connectivity index is 1.53. The number of likely N-dealkylation sites (tertiary alicyclic amines) is 1. The van der Waals surface area contributed by atoms with Gasteiger partial charge in [-0.3, -0.25) is 0 Å². The standard InChI is InChI=1S/C29H29ClFN3O2/c1-17-32-26(19-12-14-34(15-13-19)28(35)36-29(2,3)4)22-16-23(30)24(25(31)27(22)33-17)21-11-7-9-18-8-5-6-10-20(18)21/h5-11,16,19H,12-15H2,1-4H3. The highest BCUT2D eigenvalue weighted by Gasteiger charge is 2.30. The lowest BCUT2D eigenvalue weighted by molar-refractivity contribution is 0.0204. The first-order valence-electron chi connectivity index (χ1n) is 12.2. The molecule has 3 aromatic carbocycles. The molecule has 0 unspecified atom stereocenters. The van der Waals surface area contributed by atoms with Crippen LogP contribution in [0.25, 0.3) is 32.8 Å². The number of hydrogen-bond donors (Lipinski definition) is 0. The monoisotopic (exact) mass is 505 g/mol. The zero-order valence-corrected chi connectivity index (χ0v) is 21.7. The van der Waals surface area contributed by atoms with E-state index in [1.165, 1.54) is 0 Å². The molecule has 1 aromatic heterocycles. The molecule has 0 aliphatic carbocycles. The first-order valence-corrected chi connectivity index (χ1v) is 12.6. The third kappa shape index (κ3) is 4.62. The quantitative estimate of drug-likeness (QED) is 0.280. The maximum atomic E-state index is 16.2. The van der Waals surface area contributed by atoms with E-state index in [1.54, 1.807) is 17.9 Å². The minimum absolute atomic E-state index is 0.0618. The summed E-state index contributed by atoms with van der Waals surface area (Å²) in [5.74, 6) is 0.135. The fourth-order valence-corrected chi connectivity index (χ4v) is 5.29. The van der Waals surface area contributed by atoms with Crippen molar-refractivity contribution in [3.63, 3.8) is 0 Å². The van der Waals surface area contributed by atoms with Gasteiger partial charge in [0.25, 0.3) is 0 Å². The zero-order valence-electron chi connectivity index (χ0n) is 20.9. The Hall–Kier alpha value is -3.25. The lowest BCUT2D eigenvalue weighted by atomic mass is 9.90. The number of carbonyl (C=O) groups excluding carboxylic acids is 1. The minimum Gasteiger partial charge on any atom is -0.444 e. The molecule has 5 rings (SSSR count). The summed E-state index contributed by atoms with van der Waals surface area (Å²) in [5.41, 5.74) is 1.61. The molecule has 0 bridgehead atoms. The smallest absolute Gasteiger partial charge is 0.410 e. The molecule has 0 N–H and O–H groups in total. The van der Waals surface area contributed by atoms with Gasteiger partial charge in [0.15, 0.2) is 5.82 Å². The van der Waals surface area contributed by atoms with Crippen molar-refractivity contribution in [2.45, 2.75) is 52.1 Å². The van der Waals surface area contributed by atoms with E-state index in [2.05, 4.69) is 4.98 Å². The second kappa shape index (κ2) is 9.32. The highest BCUT2D eigenvalue weighted by Crippen LogP contribution is 2.41. The molecule has 1 aliphatic rings. The van der Waals surface area contributed by atoms with E-state index in [-0.39, 0.29) is 17.5 Å². The Morgan fingerprint density at radius 3 is 2.47 bits per heavy atom. The molecule has 36 heavy (non-hydrogen) atoms. The summed E-state index contributed by atoms with van der Waals surface area (Å²) in [7, 11) is 0. The van der Waals surface area contributed by atoms with Crippen LogP contribution in [0, 0.1) is 12.7 Å². The van der Waals surface area contributed by atoms with Crippen LogP contribution >= 0.6 is 11.6 Å². The Morgan fingerprint density at radius 2 is 1.75 bits per heavy atom. The first kappa shape index (κ1) is 24.4. The number of hydrogen-bond acceptors (Lipinski definition) is 4. The number of nitrogens with zero attached hydrogens (tertiary/aromatic N) is 3. The molecule has 7 heteroatoms. The summed E-state index contributed by atoms with van der Waals surface area (Å²) in [5, 5.41) is 2.90. The number of carbonyl (C=O) groups is 1. The molecule has 1 saturated heterocycles. The predicted octanol–water partition coefficient (Wildman–Crippen LogP) is 7.67. The normalized spacial score (nSPS) is 15.0. The molecule has 1 fully saturated rings. The van der Waals surface area contributed by atoms with Crippen molar-refractivity contribution in [3.8, 4) is 11.1 Å². The third-order valence-electron chi connectivity index (χ3n) is 6.62. The van der Waals surface area contributed by atoms with Crippen molar-refractivity contribution in [1.29, 1.82) is 0 Å². The van der Waals surface area contributed by atoms with Gasteiger partial charge in [0, 0.05) is 30.0 Å². The maximum absolute atomic E-state index is 16.2. The van der Waals surface area contributed by atoms with Crippen molar-refractivity contribution in [1.82, 2.24) is 14.9 Å². The number of benzene rings is 3. The second-order valence-electron chi connectivity index (χ2n) is 10.4. The van der Waals surface area contributed by atoms with Gasteiger partial charge in [0.2, 0.25) is 0 Å². The lowest BCUT2D eigenvalue weighted by Crippen LogP contribution is -2.41. The number of piperidine rings is 1. The van der Waals surface area contributed by atoms with Crippen molar-refractivity contribution < 1.29 is 13.9 Å². The highest BCUT2D eigenvalue weighted by atomic mass is 35.5. The van der Waals surface area contributed by atoms with Crippen molar-refractivity contribution in [2.75, 3.05) is 13.1 Å². The van der Waals surface area contributed by atoms with E-state index in [1.807, 2.05) is 63.2 Å². The number of fused-ring (bicyclic) bond motifs is 2. The topological polar surface area (TPSA) is 55.3 Å². The van der Waals surface area contributed by atoms with Crippen molar-refractivity contribution in [2.24, 2.45) is 0 Å². The summed E-state index contributed by atoms with van der Waals surface area (Å²) in [6, 6.07) is 15.5.